The fourth-order valence-corrected chi connectivity index (χ4v) is 1.53. The van der Waals surface area contributed by atoms with E-state index in [0.717, 1.165) is 23.6 Å². The highest BCUT2D eigenvalue weighted by molar-refractivity contribution is 5.33. The molecule has 0 atom stereocenters. The highest BCUT2D eigenvalue weighted by atomic mass is 16.5. The Bertz CT molecular complexity index is 428. The second kappa shape index (κ2) is 7.04. The molecule has 4 heteroatoms. The lowest BCUT2D eigenvalue weighted by molar-refractivity contribution is 0.113. The monoisotopic (exact) mass is 279 g/mol. The molecule has 1 aromatic heterocycles. The first-order valence-electron chi connectivity index (χ1n) is 7.21. The van der Waals surface area contributed by atoms with Gasteiger partial charge >= 0.3 is 0 Å². The minimum Gasteiger partial charge on any atom is -0.491 e. The Kier molecular flexibility index (Phi) is 5.96. The lowest BCUT2D eigenvalue weighted by Crippen LogP contribution is -2.43. The quantitative estimate of drug-likeness (QED) is 0.832. The molecule has 1 rings (SSSR count). The number of aromatic nitrogens is 1. The predicted octanol–water partition coefficient (Wildman–Crippen LogP) is 2.61. The molecule has 4 nitrogen and oxygen atoms in total. The number of hydrogen-bond donors (Lipinski definition) is 1. The lowest BCUT2D eigenvalue weighted by atomic mass is 10.1. The van der Waals surface area contributed by atoms with Crippen molar-refractivity contribution in [3.8, 4) is 5.75 Å². The lowest BCUT2D eigenvalue weighted by Gasteiger charge is -2.32. The van der Waals surface area contributed by atoms with Crippen LogP contribution in [-0.2, 0) is 6.54 Å². The van der Waals surface area contributed by atoms with E-state index in [2.05, 4.69) is 57.0 Å². The van der Waals surface area contributed by atoms with Crippen molar-refractivity contribution in [3.63, 3.8) is 0 Å². The highest BCUT2D eigenvalue weighted by Gasteiger charge is 2.22. The minimum atomic E-state index is -0.0000781. The van der Waals surface area contributed by atoms with Crippen LogP contribution in [0.2, 0.25) is 0 Å². The molecule has 0 aliphatic heterocycles. The molecule has 1 N–H and O–H groups in total. The molecule has 0 aromatic carbocycles. The Morgan fingerprint density at radius 2 is 2.00 bits per heavy atom. The van der Waals surface area contributed by atoms with Gasteiger partial charge in [-0.1, -0.05) is 13.8 Å². The average Bonchev–Trinajstić information content (AvgIpc) is 2.34. The van der Waals surface area contributed by atoms with Crippen LogP contribution in [0.1, 0.15) is 39.0 Å². The van der Waals surface area contributed by atoms with E-state index in [4.69, 9.17) is 4.74 Å². The number of aryl methyl sites for hydroxylation is 1. The molecule has 0 amide bonds. The van der Waals surface area contributed by atoms with Gasteiger partial charge in [-0.05, 0) is 34.9 Å². The maximum Gasteiger partial charge on any atom is 0.127 e. The van der Waals surface area contributed by atoms with Crippen LogP contribution in [0.25, 0.3) is 0 Å². The van der Waals surface area contributed by atoms with Crippen molar-refractivity contribution in [2.24, 2.45) is 0 Å². The van der Waals surface area contributed by atoms with Crippen molar-refractivity contribution in [1.82, 2.24) is 15.2 Å². The van der Waals surface area contributed by atoms with E-state index < -0.39 is 0 Å². The van der Waals surface area contributed by atoms with E-state index in [1.807, 2.05) is 19.2 Å². The molecule has 0 aliphatic carbocycles. The molecular formula is C16H29N3O. The summed E-state index contributed by atoms with van der Waals surface area (Å²) in [5.74, 6) is 0.931. The van der Waals surface area contributed by atoms with Crippen LogP contribution in [0.4, 0.5) is 0 Å². The summed E-state index contributed by atoms with van der Waals surface area (Å²) in [6.45, 7) is 12.0. The maximum atomic E-state index is 6.05. The van der Waals surface area contributed by atoms with Gasteiger partial charge in [-0.15, -0.1) is 0 Å². The Hall–Kier alpha value is -1.13. The summed E-state index contributed by atoms with van der Waals surface area (Å²) >= 11 is 0. The zero-order chi connectivity index (χ0) is 15.3. The van der Waals surface area contributed by atoms with Crippen LogP contribution in [0.15, 0.2) is 12.3 Å². The molecule has 20 heavy (non-hydrogen) atoms. The van der Waals surface area contributed by atoms with Gasteiger partial charge in [0.05, 0.1) is 0 Å². The van der Waals surface area contributed by atoms with E-state index in [0.29, 0.717) is 12.6 Å². The topological polar surface area (TPSA) is 37.4 Å². The first-order valence-corrected chi connectivity index (χ1v) is 7.21. The molecule has 114 valence electrons. The molecule has 1 heterocycles. The van der Waals surface area contributed by atoms with Crippen LogP contribution in [0, 0.1) is 6.92 Å². The van der Waals surface area contributed by atoms with Gasteiger partial charge in [-0.2, -0.15) is 0 Å². The fourth-order valence-electron chi connectivity index (χ4n) is 1.53. The zero-order valence-electron chi connectivity index (χ0n) is 13.9. The average molecular weight is 279 g/mol. The fraction of sp³-hybridized carbons (Fsp3) is 0.688. The third kappa shape index (κ3) is 5.10. The smallest absolute Gasteiger partial charge is 0.127 e. The van der Waals surface area contributed by atoms with Crippen molar-refractivity contribution in [3.05, 3.63) is 23.5 Å². The number of ether oxygens (including phenoxy) is 1. The third-order valence-electron chi connectivity index (χ3n) is 3.57. The summed E-state index contributed by atoms with van der Waals surface area (Å²) < 4.78 is 6.05. The van der Waals surface area contributed by atoms with Gasteiger partial charge in [0, 0.05) is 41.6 Å². The van der Waals surface area contributed by atoms with Crippen LogP contribution >= 0.6 is 0 Å². The summed E-state index contributed by atoms with van der Waals surface area (Å²) in [4.78, 5) is 6.54. The maximum absolute atomic E-state index is 6.05. The van der Waals surface area contributed by atoms with E-state index in [1.165, 1.54) is 0 Å². The zero-order valence-corrected chi connectivity index (χ0v) is 13.9. The second-order valence-corrected chi connectivity index (χ2v) is 6.46. The number of hydrogen-bond acceptors (Lipinski definition) is 4. The van der Waals surface area contributed by atoms with Crippen LogP contribution in [0.5, 0.6) is 5.75 Å². The van der Waals surface area contributed by atoms with E-state index in [1.54, 1.807) is 0 Å². The van der Waals surface area contributed by atoms with E-state index in [-0.39, 0.29) is 5.54 Å². The number of pyridine rings is 1. The summed E-state index contributed by atoms with van der Waals surface area (Å²) in [5.41, 5.74) is 2.09. The molecule has 0 bridgehead atoms. The third-order valence-corrected chi connectivity index (χ3v) is 3.57. The summed E-state index contributed by atoms with van der Waals surface area (Å²) in [7, 11) is 4.14. The van der Waals surface area contributed by atoms with Crippen molar-refractivity contribution in [2.75, 3.05) is 20.7 Å². The van der Waals surface area contributed by atoms with Gasteiger partial charge in [0.25, 0.3) is 0 Å². The van der Waals surface area contributed by atoms with E-state index >= 15 is 0 Å². The normalized spacial score (nSPS) is 12.2. The number of rotatable bonds is 7. The summed E-state index contributed by atoms with van der Waals surface area (Å²) in [6, 6.07) is 2.46. The molecule has 0 saturated heterocycles. The second-order valence-electron chi connectivity index (χ2n) is 6.46. The summed E-state index contributed by atoms with van der Waals surface area (Å²) in [6.07, 6.45) is 1.91. The molecule has 0 spiro atoms. The molecule has 0 saturated carbocycles. The van der Waals surface area contributed by atoms with Crippen molar-refractivity contribution >= 4 is 0 Å². The number of nitrogens with zero attached hydrogens (tertiary/aromatic N) is 2. The standard InChI is InChI=1S/C16H29N3O/c1-12(2)17-9-14-10-18-13(3)8-15(14)20-11-16(4,5)19(6)7/h8,10,12,17H,9,11H2,1-7H3. The van der Waals surface area contributed by atoms with Gasteiger partial charge in [-0.25, -0.2) is 0 Å². The van der Waals surface area contributed by atoms with Crippen LogP contribution in [-0.4, -0.2) is 42.2 Å². The van der Waals surface area contributed by atoms with Gasteiger partial charge in [0.1, 0.15) is 12.4 Å². The van der Waals surface area contributed by atoms with Crippen molar-refractivity contribution < 1.29 is 4.74 Å². The molecule has 1 aromatic rings. The van der Waals surface area contributed by atoms with Gasteiger partial charge in [0.15, 0.2) is 0 Å². The van der Waals surface area contributed by atoms with Crippen LogP contribution < -0.4 is 10.1 Å². The Labute approximate surface area is 123 Å². The van der Waals surface area contributed by atoms with Crippen LogP contribution in [0.3, 0.4) is 0 Å². The van der Waals surface area contributed by atoms with Gasteiger partial charge < -0.3 is 15.0 Å². The van der Waals surface area contributed by atoms with Gasteiger partial charge in [0.2, 0.25) is 0 Å². The number of nitrogens with one attached hydrogen (secondary N) is 1. The Morgan fingerprint density at radius 3 is 2.55 bits per heavy atom. The first kappa shape index (κ1) is 16.9. The Morgan fingerprint density at radius 1 is 1.35 bits per heavy atom. The van der Waals surface area contributed by atoms with E-state index in [9.17, 15) is 0 Å². The molecule has 0 radical (unpaired) electrons. The highest BCUT2D eigenvalue weighted by Crippen LogP contribution is 2.21. The van der Waals surface area contributed by atoms with Crippen molar-refractivity contribution in [1.29, 1.82) is 0 Å². The summed E-state index contributed by atoms with van der Waals surface area (Å²) in [5, 5.41) is 3.41. The molecule has 0 aliphatic rings. The predicted molar refractivity (Wildman–Crippen MR) is 84.2 cm³/mol. The molecule has 0 fully saturated rings. The SMILES string of the molecule is Cc1cc(OCC(C)(C)N(C)C)c(CNC(C)C)cn1. The van der Waals surface area contributed by atoms with Gasteiger partial charge in [-0.3, -0.25) is 4.98 Å². The number of likely N-dealkylation sites (N-methyl/N-ethyl adjacent to an activating group) is 1. The molecule has 0 unspecified atom stereocenters. The first-order chi connectivity index (χ1) is 9.22. The largest absolute Gasteiger partial charge is 0.491 e. The molecular weight excluding hydrogens is 250 g/mol. The van der Waals surface area contributed by atoms with Crippen molar-refractivity contribution in [2.45, 2.75) is 52.7 Å². The Balaban J connectivity index is 2.79. The minimum absolute atomic E-state index is 0.0000781.